The molecule has 2 N–H and O–H groups in total. The zero-order valence-electron chi connectivity index (χ0n) is 8.67. The van der Waals surface area contributed by atoms with Crippen molar-refractivity contribution in [2.45, 2.75) is 19.8 Å². The first-order valence-corrected chi connectivity index (χ1v) is 5.87. The van der Waals surface area contributed by atoms with Gasteiger partial charge in [-0.3, -0.25) is 0 Å². The van der Waals surface area contributed by atoms with Crippen LogP contribution in [0.3, 0.4) is 0 Å². The molecule has 0 aliphatic carbocycles. The Balaban J connectivity index is 0. The molecule has 2 nitrogen and oxygen atoms in total. The molecule has 1 heterocycles. The highest BCUT2D eigenvalue weighted by Gasteiger charge is 2.35. The van der Waals surface area contributed by atoms with Crippen molar-refractivity contribution in [1.29, 1.82) is 0 Å². The SMILES string of the molecule is Br.Br.CCCN1CCC(CN)(CBr)C1. The lowest BCUT2D eigenvalue weighted by Gasteiger charge is -2.25. The molecule has 0 radical (unpaired) electrons. The van der Waals surface area contributed by atoms with Gasteiger partial charge in [-0.1, -0.05) is 22.9 Å². The fourth-order valence-corrected chi connectivity index (χ4v) is 2.55. The van der Waals surface area contributed by atoms with Crippen molar-refractivity contribution in [3.63, 3.8) is 0 Å². The zero-order valence-corrected chi connectivity index (χ0v) is 13.7. The van der Waals surface area contributed by atoms with Crippen molar-refractivity contribution in [3.8, 4) is 0 Å². The average Bonchev–Trinajstić information content (AvgIpc) is 2.50. The predicted molar refractivity (Wildman–Crippen MR) is 77.3 cm³/mol. The van der Waals surface area contributed by atoms with Crippen LogP contribution in [0, 0.1) is 5.41 Å². The molecule has 0 bridgehead atoms. The maximum absolute atomic E-state index is 5.78. The van der Waals surface area contributed by atoms with Crippen LogP contribution in [0.15, 0.2) is 0 Å². The third kappa shape index (κ3) is 4.47. The van der Waals surface area contributed by atoms with Crippen molar-refractivity contribution in [3.05, 3.63) is 0 Å². The summed E-state index contributed by atoms with van der Waals surface area (Å²) >= 11 is 3.57. The average molecular weight is 397 g/mol. The Labute approximate surface area is 117 Å². The summed E-state index contributed by atoms with van der Waals surface area (Å²) in [4.78, 5) is 2.52. The van der Waals surface area contributed by atoms with E-state index >= 15 is 0 Å². The van der Waals surface area contributed by atoms with Crippen LogP contribution in [0.4, 0.5) is 0 Å². The minimum atomic E-state index is 0. The molecule has 14 heavy (non-hydrogen) atoms. The molecule has 0 aromatic carbocycles. The quantitative estimate of drug-likeness (QED) is 0.740. The van der Waals surface area contributed by atoms with E-state index in [9.17, 15) is 0 Å². The molecule has 1 atom stereocenters. The lowest BCUT2D eigenvalue weighted by molar-refractivity contribution is 0.286. The Morgan fingerprint density at radius 1 is 1.43 bits per heavy atom. The van der Waals surface area contributed by atoms with Crippen molar-refractivity contribution >= 4 is 49.9 Å². The Morgan fingerprint density at radius 2 is 2.07 bits per heavy atom. The topological polar surface area (TPSA) is 29.3 Å². The first-order valence-electron chi connectivity index (χ1n) is 4.75. The maximum atomic E-state index is 5.78. The van der Waals surface area contributed by atoms with Gasteiger partial charge in [0.25, 0.3) is 0 Å². The molecule has 1 rings (SSSR count). The molecule has 1 fully saturated rings. The van der Waals surface area contributed by atoms with Crippen LogP contribution in [0.2, 0.25) is 0 Å². The highest BCUT2D eigenvalue weighted by atomic mass is 79.9. The number of hydrogen-bond acceptors (Lipinski definition) is 2. The van der Waals surface area contributed by atoms with Crippen molar-refractivity contribution < 1.29 is 0 Å². The Bertz CT molecular complexity index is 140. The summed E-state index contributed by atoms with van der Waals surface area (Å²) in [5.74, 6) is 0. The number of nitrogens with two attached hydrogens (primary N) is 1. The smallest absolute Gasteiger partial charge is 0.0113 e. The molecule has 88 valence electrons. The van der Waals surface area contributed by atoms with Crippen LogP contribution < -0.4 is 5.73 Å². The maximum Gasteiger partial charge on any atom is 0.0113 e. The van der Waals surface area contributed by atoms with Crippen LogP contribution in [-0.4, -0.2) is 36.4 Å². The Kier molecular flexibility index (Phi) is 10.8. The zero-order chi connectivity index (χ0) is 9.03. The number of hydrogen-bond donors (Lipinski definition) is 1. The molecule has 1 unspecified atom stereocenters. The second-order valence-corrected chi connectivity index (χ2v) is 4.42. The lowest BCUT2D eigenvalue weighted by Crippen LogP contribution is -2.35. The molecule has 0 amide bonds. The lowest BCUT2D eigenvalue weighted by atomic mass is 9.90. The third-order valence-electron chi connectivity index (χ3n) is 2.77. The molecule has 1 aliphatic heterocycles. The van der Waals surface area contributed by atoms with Gasteiger partial charge in [0.1, 0.15) is 0 Å². The summed E-state index contributed by atoms with van der Waals surface area (Å²) in [5, 5.41) is 1.05. The van der Waals surface area contributed by atoms with Gasteiger partial charge in [-0.25, -0.2) is 0 Å². The summed E-state index contributed by atoms with van der Waals surface area (Å²) in [6, 6.07) is 0. The second-order valence-electron chi connectivity index (χ2n) is 3.86. The summed E-state index contributed by atoms with van der Waals surface area (Å²) in [6.45, 7) is 6.70. The standard InChI is InChI=1S/C9H19BrN2.2BrH/c1-2-4-12-5-3-9(6-10,7-11)8-12;;/h2-8,11H2,1H3;2*1H. The molecule has 5 heteroatoms. The molecule has 0 spiro atoms. The second kappa shape index (κ2) is 8.50. The highest BCUT2D eigenvalue weighted by Crippen LogP contribution is 2.31. The normalized spacial score (nSPS) is 26.8. The number of nitrogens with zero attached hydrogens (tertiary/aromatic N) is 1. The third-order valence-corrected chi connectivity index (χ3v) is 3.96. The molecule has 1 saturated heterocycles. The van der Waals surface area contributed by atoms with E-state index < -0.39 is 0 Å². The van der Waals surface area contributed by atoms with Gasteiger partial charge in [0.15, 0.2) is 0 Å². The van der Waals surface area contributed by atoms with Gasteiger partial charge < -0.3 is 10.6 Å². The van der Waals surface area contributed by atoms with Gasteiger partial charge >= 0.3 is 0 Å². The minimum absolute atomic E-state index is 0. The fourth-order valence-electron chi connectivity index (χ4n) is 1.87. The molecule has 0 aromatic heterocycles. The van der Waals surface area contributed by atoms with E-state index in [0.29, 0.717) is 5.41 Å². The first kappa shape index (κ1) is 17.7. The summed E-state index contributed by atoms with van der Waals surface area (Å²) in [6.07, 6.45) is 2.51. The monoisotopic (exact) mass is 394 g/mol. The molecule has 0 aromatic rings. The summed E-state index contributed by atoms with van der Waals surface area (Å²) in [7, 11) is 0. The first-order chi connectivity index (χ1) is 5.76. The van der Waals surface area contributed by atoms with Crippen LogP contribution in [0.5, 0.6) is 0 Å². The Hall–Kier alpha value is 1.36. The van der Waals surface area contributed by atoms with Gasteiger partial charge in [0, 0.05) is 23.8 Å². The summed E-state index contributed by atoms with van der Waals surface area (Å²) in [5.41, 5.74) is 6.15. The molecular formula is C9H21Br3N2. The fraction of sp³-hybridized carbons (Fsp3) is 1.00. The number of rotatable bonds is 4. The molecular weight excluding hydrogens is 376 g/mol. The number of alkyl halides is 1. The van der Waals surface area contributed by atoms with Crippen LogP contribution in [0.25, 0.3) is 0 Å². The van der Waals surface area contributed by atoms with Gasteiger partial charge in [0.2, 0.25) is 0 Å². The van der Waals surface area contributed by atoms with Gasteiger partial charge in [0.05, 0.1) is 0 Å². The van der Waals surface area contributed by atoms with E-state index in [1.165, 1.54) is 32.5 Å². The van der Waals surface area contributed by atoms with E-state index in [2.05, 4.69) is 27.8 Å². The van der Waals surface area contributed by atoms with E-state index in [4.69, 9.17) is 5.73 Å². The van der Waals surface area contributed by atoms with Crippen molar-refractivity contribution in [2.75, 3.05) is 31.5 Å². The highest BCUT2D eigenvalue weighted by molar-refractivity contribution is 9.09. The van der Waals surface area contributed by atoms with Crippen molar-refractivity contribution in [1.82, 2.24) is 4.90 Å². The van der Waals surface area contributed by atoms with Crippen LogP contribution in [-0.2, 0) is 0 Å². The van der Waals surface area contributed by atoms with Gasteiger partial charge in [-0.15, -0.1) is 34.0 Å². The van der Waals surface area contributed by atoms with Crippen LogP contribution >= 0.6 is 49.9 Å². The van der Waals surface area contributed by atoms with Crippen molar-refractivity contribution in [2.24, 2.45) is 11.1 Å². The van der Waals surface area contributed by atoms with Gasteiger partial charge in [-0.2, -0.15) is 0 Å². The van der Waals surface area contributed by atoms with E-state index in [1.54, 1.807) is 0 Å². The molecule has 0 saturated carbocycles. The molecule has 1 aliphatic rings. The minimum Gasteiger partial charge on any atom is -0.330 e. The summed E-state index contributed by atoms with van der Waals surface area (Å²) < 4.78 is 0. The van der Waals surface area contributed by atoms with E-state index in [0.717, 1.165) is 11.9 Å². The predicted octanol–water partition coefficient (Wildman–Crippen LogP) is 2.60. The number of halogens is 3. The van der Waals surface area contributed by atoms with Crippen LogP contribution in [0.1, 0.15) is 19.8 Å². The number of likely N-dealkylation sites (tertiary alicyclic amines) is 1. The van der Waals surface area contributed by atoms with E-state index in [1.807, 2.05) is 0 Å². The van der Waals surface area contributed by atoms with E-state index in [-0.39, 0.29) is 34.0 Å². The largest absolute Gasteiger partial charge is 0.330 e. The Morgan fingerprint density at radius 3 is 2.43 bits per heavy atom. The van der Waals surface area contributed by atoms with Gasteiger partial charge in [-0.05, 0) is 25.9 Å².